The van der Waals surface area contributed by atoms with Gasteiger partial charge in [-0.2, -0.15) is 0 Å². The molecule has 160 valence electrons. The summed E-state index contributed by atoms with van der Waals surface area (Å²) in [5, 5.41) is 0. The number of ether oxygens (including phenoxy) is 1. The van der Waals surface area contributed by atoms with E-state index < -0.39 is 5.41 Å². The van der Waals surface area contributed by atoms with E-state index in [2.05, 4.69) is 5.92 Å². The molecule has 2 heterocycles. The van der Waals surface area contributed by atoms with Crippen LogP contribution in [-0.2, 0) is 26.3 Å². The number of hydrogen-bond acceptors (Lipinski definition) is 5. The highest BCUT2D eigenvalue weighted by atomic mass is 16.5. The number of benzene rings is 1. The van der Waals surface area contributed by atoms with Crippen molar-refractivity contribution >= 4 is 17.7 Å². The summed E-state index contributed by atoms with van der Waals surface area (Å²) in [5.41, 5.74) is -0.624. The van der Waals surface area contributed by atoms with Gasteiger partial charge < -0.3 is 14.1 Å². The van der Waals surface area contributed by atoms with Gasteiger partial charge in [0.05, 0.1) is 31.9 Å². The van der Waals surface area contributed by atoms with Gasteiger partial charge in [0, 0.05) is 18.9 Å². The molecule has 1 atom stereocenters. The van der Waals surface area contributed by atoms with Crippen LogP contribution in [0.5, 0.6) is 5.75 Å². The van der Waals surface area contributed by atoms with Crippen molar-refractivity contribution in [3.63, 3.8) is 0 Å². The summed E-state index contributed by atoms with van der Waals surface area (Å²) in [5.74, 6) is 2.88. The molecule has 7 heteroatoms. The normalized spacial score (nSPS) is 20.6. The standard InChI is InChI=1S/C24H24N2O5/c1-3-12-25(16-20-5-4-13-31-20)21(27)14-24(17-6-10-19(30-2)11-7-17)15-22(28)26(23(24)29)18-8-9-18/h1,4-7,10-11,13,18H,8-9,12,14-16H2,2H3/t24-/m0/s1. The van der Waals surface area contributed by atoms with Crippen LogP contribution in [0.3, 0.4) is 0 Å². The van der Waals surface area contributed by atoms with Gasteiger partial charge in [-0.05, 0) is 42.7 Å². The van der Waals surface area contributed by atoms with E-state index in [4.69, 9.17) is 15.6 Å². The van der Waals surface area contributed by atoms with E-state index in [9.17, 15) is 14.4 Å². The summed E-state index contributed by atoms with van der Waals surface area (Å²) in [6, 6.07) is 10.4. The number of rotatable bonds is 8. The van der Waals surface area contributed by atoms with Crippen LogP contribution < -0.4 is 4.74 Å². The third-order valence-electron chi connectivity index (χ3n) is 5.92. The van der Waals surface area contributed by atoms with Gasteiger partial charge in [-0.3, -0.25) is 19.3 Å². The third kappa shape index (κ3) is 3.93. The number of likely N-dealkylation sites (tertiary alicyclic amines) is 1. The van der Waals surface area contributed by atoms with Crippen LogP contribution in [0.25, 0.3) is 0 Å². The molecule has 0 bridgehead atoms. The van der Waals surface area contributed by atoms with E-state index in [1.807, 2.05) is 0 Å². The van der Waals surface area contributed by atoms with Crippen molar-refractivity contribution in [3.05, 3.63) is 54.0 Å². The van der Waals surface area contributed by atoms with Crippen molar-refractivity contribution in [1.29, 1.82) is 0 Å². The maximum absolute atomic E-state index is 13.6. The Bertz CT molecular complexity index is 1020. The Hall–Kier alpha value is -3.53. The van der Waals surface area contributed by atoms with E-state index in [1.165, 1.54) is 16.1 Å². The lowest BCUT2D eigenvalue weighted by Gasteiger charge is -2.30. The number of carbonyl (C=O) groups excluding carboxylic acids is 3. The molecule has 7 nitrogen and oxygen atoms in total. The number of methoxy groups -OCH3 is 1. The first-order valence-corrected chi connectivity index (χ1v) is 10.2. The maximum atomic E-state index is 13.6. The highest BCUT2D eigenvalue weighted by molar-refractivity contribution is 6.11. The molecule has 0 radical (unpaired) electrons. The number of nitrogens with zero attached hydrogens (tertiary/aromatic N) is 2. The molecule has 0 spiro atoms. The zero-order chi connectivity index (χ0) is 22.0. The molecule has 1 aliphatic carbocycles. The summed E-state index contributed by atoms with van der Waals surface area (Å²) < 4.78 is 10.6. The second-order valence-electron chi connectivity index (χ2n) is 8.00. The first-order chi connectivity index (χ1) is 15.0. The quantitative estimate of drug-likeness (QED) is 0.484. The molecule has 4 rings (SSSR count). The topological polar surface area (TPSA) is 80.1 Å². The van der Waals surface area contributed by atoms with Gasteiger partial charge in [-0.25, -0.2) is 0 Å². The zero-order valence-corrected chi connectivity index (χ0v) is 17.4. The van der Waals surface area contributed by atoms with Crippen molar-refractivity contribution in [2.45, 2.75) is 43.7 Å². The fraction of sp³-hybridized carbons (Fsp3) is 0.375. The Morgan fingerprint density at radius 1 is 1.29 bits per heavy atom. The molecule has 2 fully saturated rings. The fourth-order valence-corrected chi connectivity index (χ4v) is 4.14. The minimum absolute atomic E-state index is 0.0367. The summed E-state index contributed by atoms with van der Waals surface area (Å²) >= 11 is 0. The van der Waals surface area contributed by atoms with E-state index >= 15 is 0 Å². The van der Waals surface area contributed by atoms with E-state index in [0.29, 0.717) is 17.1 Å². The molecule has 1 saturated heterocycles. The number of hydrogen-bond donors (Lipinski definition) is 0. The molecule has 1 saturated carbocycles. The van der Waals surface area contributed by atoms with E-state index in [-0.39, 0.29) is 49.7 Å². The third-order valence-corrected chi connectivity index (χ3v) is 5.92. The highest BCUT2D eigenvalue weighted by Crippen LogP contribution is 2.44. The first-order valence-electron chi connectivity index (χ1n) is 10.2. The van der Waals surface area contributed by atoms with E-state index in [1.54, 1.807) is 43.5 Å². The van der Waals surface area contributed by atoms with Crippen LogP contribution in [0.1, 0.15) is 37.0 Å². The van der Waals surface area contributed by atoms with Crippen molar-refractivity contribution in [3.8, 4) is 18.1 Å². The Morgan fingerprint density at radius 3 is 2.61 bits per heavy atom. The largest absolute Gasteiger partial charge is 0.497 e. The second-order valence-corrected chi connectivity index (χ2v) is 8.00. The molecule has 2 aliphatic rings. The minimum Gasteiger partial charge on any atom is -0.497 e. The van der Waals surface area contributed by atoms with Crippen LogP contribution in [0.2, 0.25) is 0 Å². The molecule has 31 heavy (non-hydrogen) atoms. The lowest BCUT2D eigenvalue weighted by molar-refractivity contribution is -0.143. The van der Waals surface area contributed by atoms with Crippen LogP contribution in [-0.4, -0.2) is 47.2 Å². The Balaban J connectivity index is 1.67. The van der Waals surface area contributed by atoms with Gasteiger partial charge in [0.15, 0.2) is 0 Å². The molecule has 3 amide bonds. The predicted octanol–water partition coefficient (Wildman–Crippen LogP) is 2.50. The smallest absolute Gasteiger partial charge is 0.241 e. The second kappa shape index (κ2) is 8.31. The minimum atomic E-state index is -1.25. The molecular formula is C24H24N2O5. The highest BCUT2D eigenvalue weighted by Gasteiger charge is 2.57. The molecule has 2 aromatic rings. The van der Waals surface area contributed by atoms with Gasteiger partial charge >= 0.3 is 0 Å². The van der Waals surface area contributed by atoms with Crippen molar-refractivity contribution in [1.82, 2.24) is 9.80 Å². The number of furan rings is 1. The average Bonchev–Trinajstić information content (AvgIpc) is 3.39. The number of carbonyl (C=O) groups is 3. The molecular weight excluding hydrogens is 396 g/mol. The molecule has 1 aliphatic heterocycles. The van der Waals surface area contributed by atoms with Crippen molar-refractivity contribution in [2.24, 2.45) is 0 Å². The van der Waals surface area contributed by atoms with Gasteiger partial charge in [-0.1, -0.05) is 18.1 Å². The zero-order valence-electron chi connectivity index (χ0n) is 17.4. The summed E-state index contributed by atoms with van der Waals surface area (Å²) in [6.45, 7) is 0.274. The number of amides is 3. The van der Waals surface area contributed by atoms with Crippen molar-refractivity contribution < 1.29 is 23.5 Å². The lowest BCUT2D eigenvalue weighted by Crippen LogP contribution is -2.44. The maximum Gasteiger partial charge on any atom is 0.241 e. The first kappa shape index (κ1) is 20.7. The average molecular weight is 420 g/mol. The van der Waals surface area contributed by atoms with Gasteiger partial charge in [0.25, 0.3) is 0 Å². The van der Waals surface area contributed by atoms with Crippen LogP contribution in [0.15, 0.2) is 47.1 Å². The molecule has 0 N–H and O–H groups in total. The molecule has 1 aromatic heterocycles. The van der Waals surface area contributed by atoms with Gasteiger partial charge in [0.1, 0.15) is 11.5 Å². The Labute approximate surface area is 180 Å². The van der Waals surface area contributed by atoms with E-state index in [0.717, 1.165) is 12.8 Å². The van der Waals surface area contributed by atoms with Crippen LogP contribution >= 0.6 is 0 Å². The monoisotopic (exact) mass is 420 g/mol. The fourth-order valence-electron chi connectivity index (χ4n) is 4.14. The van der Waals surface area contributed by atoms with Gasteiger partial charge in [0.2, 0.25) is 17.7 Å². The molecule has 0 unspecified atom stereocenters. The van der Waals surface area contributed by atoms with Gasteiger partial charge in [-0.15, -0.1) is 6.42 Å². The SMILES string of the molecule is C#CCN(Cc1ccco1)C(=O)C[C@@]1(c2ccc(OC)cc2)CC(=O)N(C2CC2)C1=O. The van der Waals surface area contributed by atoms with Crippen LogP contribution in [0, 0.1) is 12.3 Å². The number of imide groups is 1. The number of terminal acetylenes is 1. The summed E-state index contributed by atoms with van der Waals surface area (Å²) in [6.07, 6.45) is 8.45. The predicted molar refractivity (Wildman–Crippen MR) is 112 cm³/mol. The molecule has 1 aromatic carbocycles. The van der Waals surface area contributed by atoms with Crippen molar-refractivity contribution in [2.75, 3.05) is 13.7 Å². The summed E-state index contributed by atoms with van der Waals surface area (Å²) in [4.78, 5) is 42.5. The lowest BCUT2D eigenvalue weighted by atomic mass is 9.75. The van der Waals surface area contributed by atoms with Crippen LogP contribution in [0.4, 0.5) is 0 Å². The Morgan fingerprint density at radius 2 is 2.03 bits per heavy atom. The Kier molecular flexibility index (Phi) is 5.55. The summed E-state index contributed by atoms with van der Waals surface area (Å²) in [7, 11) is 1.56.